The van der Waals surface area contributed by atoms with Crippen molar-refractivity contribution in [3.8, 4) is 5.75 Å². The quantitative estimate of drug-likeness (QED) is 0.687. The van der Waals surface area contributed by atoms with Gasteiger partial charge in [0.15, 0.2) is 0 Å². The van der Waals surface area contributed by atoms with Crippen LogP contribution in [0.25, 0.3) is 5.65 Å². The Morgan fingerprint density at radius 3 is 2.75 bits per heavy atom. The number of fused-ring (bicyclic) bond motifs is 1. The first-order valence-corrected chi connectivity index (χ1v) is 8.37. The maximum atomic E-state index is 12.7. The summed E-state index contributed by atoms with van der Waals surface area (Å²) in [5.41, 5.74) is 3.48. The molecule has 5 nitrogen and oxygen atoms in total. The topological polar surface area (TPSA) is 55.6 Å². The van der Waals surface area contributed by atoms with E-state index < -0.39 is 0 Å². The lowest BCUT2D eigenvalue weighted by Crippen LogP contribution is -2.15. The van der Waals surface area contributed by atoms with Gasteiger partial charge in [-0.2, -0.15) is 0 Å². The van der Waals surface area contributed by atoms with Crippen LogP contribution in [0.1, 0.15) is 21.7 Å². The van der Waals surface area contributed by atoms with Crippen molar-refractivity contribution >= 4 is 44.8 Å². The number of carbonyl (C=O) groups excluding carboxylic acids is 1. The van der Waals surface area contributed by atoms with E-state index in [1.54, 1.807) is 29.7 Å². The molecule has 1 amide bonds. The van der Waals surface area contributed by atoms with Gasteiger partial charge in [-0.3, -0.25) is 9.20 Å². The van der Waals surface area contributed by atoms with Crippen LogP contribution in [0.4, 0.5) is 5.69 Å². The van der Waals surface area contributed by atoms with Crippen LogP contribution in [0, 0.1) is 13.8 Å². The Morgan fingerprint density at radius 1 is 1.33 bits per heavy atom. The van der Waals surface area contributed by atoms with E-state index in [9.17, 15) is 4.79 Å². The summed E-state index contributed by atoms with van der Waals surface area (Å²) in [6.07, 6.45) is 1.83. The molecule has 7 heteroatoms. The third-order valence-electron chi connectivity index (χ3n) is 3.67. The monoisotopic (exact) mass is 407 g/mol. The van der Waals surface area contributed by atoms with E-state index in [0.717, 1.165) is 15.7 Å². The molecular weight excluding hydrogens is 394 g/mol. The Kier molecular flexibility index (Phi) is 4.51. The first-order valence-electron chi connectivity index (χ1n) is 7.20. The minimum absolute atomic E-state index is 0.251. The number of nitrogens with one attached hydrogen (secondary N) is 1. The molecule has 124 valence electrons. The fraction of sp³-hybridized carbons (Fsp3) is 0.176. The summed E-state index contributed by atoms with van der Waals surface area (Å²) in [6, 6.07) is 7.06. The van der Waals surface area contributed by atoms with Crippen molar-refractivity contribution in [3.05, 3.63) is 56.9 Å². The number of hydrogen-bond donors (Lipinski definition) is 1. The van der Waals surface area contributed by atoms with Crippen LogP contribution >= 0.6 is 27.5 Å². The lowest BCUT2D eigenvalue weighted by Gasteiger charge is -2.09. The van der Waals surface area contributed by atoms with Crippen LogP contribution in [0.5, 0.6) is 5.75 Å². The SMILES string of the molecule is COc1ccc(NC(=O)c2c(C)nc3c(C)cc(Br)cn23)cc1Cl. The molecule has 3 aromatic rings. The molecule has 0 aliphatic rings. The number of methoxy groups -OCH3 is 1. The van der Waals surface area contributed by atoms with Gasteiger partial charge in [0.1, 0.15) is 17.1 Å². The largest absolute Gasteiger partial charge is 0.495 e. The molecule has 0 bridgehead atoms. The minimum atomic E-state index is -0.251. The summed E-state index contributed by atoms with van der Waals surface area (Å²) in [5, 5.41) is 3.29. The van der Waals surface area contributed by atoms with Crippen LogP contribution in [0.2, 0.25) is 5.02 Å². The number of amides is 1. The summed E-state index contributed by atoms with van der Waals surface area (Å²) in [5.74, 6) is 0.305. The molecule has 0 aliphatic heterocycles. The Hall–Kier alpha value is -2.05. The van der Waals surface area contributed by atoms with Crippen molar-refractivity contribution in [3.63, 3.8) is 0 Å². The third-order valence-corrected chi connectivity index (χ3v) is 4.40. The predicted molar refractivity (Wildman–Crippen MR) is 98.3 cm³/mol. The van der Waals surface area contributed by atoms with E-state index >= 15 is 0 Å². The fourth-order valence-electron chi connectivity index (χ4n) is 2.59. The van der Waals surface area contributed by atoms with Crippen LogP contribution in [-0.2, 0) is 0 Å². The normalized spacial score (nSPS) is 10.9. The van der Waals surface area contributed by atoms with Crippen LogP contribution < -0.4 is 10.1 Å². The second kappa shape index (κ2) is 6.45. The van der Waals surface area contributed by atoms with Gasteiger partial charge in [0.25, 0.3) is 5.91 Å². The van der Waals surface area contributed by atoms with Crippen molar-refractivity contribution in [2.45, 2.75) is 13.8 Å². The maximum absolute atomic E-state index is 12.7. The lowest BCUT2D eigenvalue weighted by molar-refractivity contribution is 0.102. The van der Waals surface area contributed by atoms with Crippen molar-refractivity contribution < 1.29 is 9.53 Å². The van der Waals surface area contributed by atoms with Crippen molar-refractivity contribution in [1.82, 2.24) is 9.38 Å². The average molecular weight is 409 g/mol. The zero-order chi connectivity index (χ0) is 17.4. The van der Waals surface area contributed by atoms with E-state index in [4.69, 9.17) is 16.3 Å². The average Bonchev–Trinajstić information content (AvgIpc) is 2.84. The second-order valence-corrected chi connectivity index (χ2v) is 6.71. The van der Waals surface area contributed by atoms with Gasteiger partial charge in [-0.1, -0.05) is 11.6 Å². The zero-order valence-corrected chi connectivity index (χ0v) is 15.7. The van der Waals surface area contributed by atoms with Crippen LogP contribution in [0.3, 0.4) is 0 Å². The lowest BCUT2D eigenvalue weighted by atomic mass is 10.2. The number of rotatable bonds is 3. The summed E-state index contributed by atoms with van der Waals surface area (Å²) in [6.45, 7) is 3.77. The molecule has 2 aromatic heterocycles. The molecule has 0 aliphatic carbocycles. The number of anilines is 1. The molecule has 0 radical (unpaired) electrons. The number of aromatic nitrogens is 2. The number of halogens is 2. The highest BCUT2D eigenvalue weighted by molar-refractivity contribution is 9.10. The Morgan fingerprint density at radius 2 is 2.08 bits per heavy atom. The number of pyridine rings is 1. The van der Waals surface area contributed by atoms with E-state index in [1.807, 2.05) is 26.1 Å². The summed E-state index contributed by atoms with van der Waals surface area (Å²) < 4.78 is 7.78. The Bertz CT molecular complexity index is 953. The van der Waals surface area contributed by atoms with Crippen molar-refractivity contribution in [2.24, 2.45) is 0 Å². The first-order chi connectivity index (χ1) is 11.4. The molecule has 1 aromatic carbocycles. The highest BCUT2D eigenvalue weighted by Gasteiger charge is 2.18. The fourth-order valence-corrected chi connectivity index (χ4v) is 3.40. The highest BCUT2D eigenvalue weighted by atomic mass is 79.9. The van der Waals surface area contributed by atoms with E-state index in [1.165, 1.54) is 0 Å². The number of aryl methyl sites for hydroxylation is 2. The van der Waals surface area contributed by atoms with E-state index in [2.05, 4.69) is 26.2 Å². The first kappa shape index (κ1) is 16.8. The smallest absolute Gasteiger partial charge is 0.274 e. The summed E-state index contributed by atoms with van der Waals surface area (Å²) in [4.78, 5) is 17.2. The van der Waals surface area contributed by atoms with E-state index in [0.29, 0.717) is 27.8 Å². The van der Waals surface area contributed by atoms with Gasteiger partial charge in [-0.05, 0) is 59.6 Å². The molecule has 1 N–H and O–H groups in total. The number of imidazole rings is 1. The van der Waals surface area contributed by atoms with Crippen LogP contribution in [-0.4, -0.2) is 22.4 Å². The highest BCUT2D eigenvalue weighted by Crippen LogP contribution is 2.28. The van der Waals surface area contributed by atoms with Crippen LogP contribution in [0.15, 0.2) is 34.9 Å². The molecule has 0 atom stereocenters. The Balaban J connectivity index is 2.00. The standard InChI is InChI=1S/C17H15BrClN3O2/c1-9-6-11(18)8-22-15(10(2)20-16(9)22)17(23)21-12-4-5-14(24-3)13(19)7-12/h4-8H,1-3H3,(H,21,23). The molecular formula is C17H15BrClN3O2. The van der Waals surface area contributed by atoms with Gasteiger partial charge in [-0.25, -0.2) is 4.98 Å². The number of hydrogen-bond acceptors (Lipinski definition) is 3. The van der Waals surface area contributed by atoms with Gasteiger partial charge in [0, 0.05) is 16.4 Å². The maximum Gasteiger partial charge on any atom is 0.274 e. The molecule has 0 spiro atoms. The molecule has 0 saturated carbocycles. The molecule has 2 heterocycles. The predicted octanol–water partition coefficient (Wildman–Crippen LogP) is 4.63. The third kappa shape index (κ3) is 2.99. The van der Waals surface area contributed by atoms with Crippen molar-refractivity contribution in [2.75, 3.05) is 12.4 Å². The number of carbonyl (C=O) groups is 1. The summed E-state index contributed by atoms with van der Waals surface area (Å²) in [7, 11) is 1.54. The number of nitrogens with zero attached hydrogens (tertiary/aromatic N) is 2. The van der Waals surface area contributed by atoms with Gasteiger partial charge in [0.05, 0.1) is 17.8 Å². The van der Waals surface area contributed by atoms with E-state index in [-0.39, 0.29) is 5.91 Å². The number of benzene rings is 1. The van der Waals surface area contributed by atoms with Gasteiger partial charge in [-0.15, -0.1) is 0 Å². The molecule has 0 unspecified atom stereocenters. The molecule has 0 saturated heterocycles. The molecule has 24 heavy (non-hydrogen) atoms. The summed E-state index contributed by atoms with van der Waals surface area (Å²) >= 11 is 9.56. The van der Waals surface area contributed by atoms with Crippen molar-refractivity contribution in [1.29, 1.82) is 0 Å². The Labute approximate surface area is 152 Å². The van der Waals surface area contributed by atoms with Gasteiger partial charge >= 0.3 is 0 Å². The second-order valence-electron chi connectivity index (χ2n) is 5.38. The molecule has 0 fully saturated rings. The zero-order valence-electron chi connectivity index (χ0n) is 13.4. The number of ether oxygens (including phenoxy) is 1. The van der Waals surface area contributed by atoms with Gasteiger partial charge in [0.2, 0.25) is 0 Å². The van der Waals surface area contributed by atoms with Gasteiger partial charge < -0.3 is 10.1 Å². The molecule has 3 rings (SSSR count). The minimum Gasteiger partial charge on any atom is -0.495 e.